The van der Waals surface area contributed by atoms with Gasteiger partial charge < -0.3 is 19.0 Å². The summed E-state index contributed by atoms with van der Waals surface area (Å²) in [5, 5.41) is 0. The largest absolute Gasteiger partial charge is 0.503 e. The number of rotatable bonds is 18. The number of nitrogens with two attached hydrogens (primary N) is 1. The van der Waals surface area contributed by atoms with Gasteiger partial charge in [-0.1, -0.05) is 78.1 Å². The third-order valence-corrected chi connectivity index (χ3v) is 9.27. The van der Waals surface area contributed by atoms with Gasteiger partial charge in [-0.3, -0.25) is 0 Å². The summed E-state index contributed by atoms with van der Waals surface area (Å²) < 4.78 is 17.7. The van der Waals surface area contributed by atoms with Crippen molar-refractivity contribution in [2.75, 3.05) is 21.3 Å². The molecule has 0 saturated heterocycles. The summed E-state index contributed by atoms with van der Waals surface area (Å²) in [5.41, 5.74) is 6.57. The molecule has 0 aliphatic rings. The molecule has 2 unspecified atom stereocenters. The first-order valence-electron chi connectivity index (χ1n) is 11.3. The molecule has 0 bridgehead atoms. The van der Waals surface area contributed by atoms with Crippen molar-refractivity contribution in [1.29, 1.82) is 0 Å². The fourth-order valence-electron chi connectivity index (χ4n) is 4.41. The van der Waals surface area contributed by atoms with Gasteiger partial charge in [0.15, 0.2) is 0 Å². The van der Waals surface area contributed by atoms with Gasteiger partial charge in [0.05, 0.1) is 0 Å². The zero-order valence-electron chi connectivity index (χ0n) is 19.9. The van der Waals surface area contributed by atoms with E-state index in [4.69, 9.17) is 19.0 Å². The van der Waals surface area contributed by atoms with Crippen molar-refractivity contribution in [3.8, 4) is 0 Å². The van der Waals surface area contributed by atoms with Crippen LogP contribution in [0.15, 0.2) is 0 Å². The second-order valence-electron chi connectivity index (χ2n) is 8.66. The molecule has 2 atom stereocenters. The lowest BCUT2D eigenvalue weighted by Gasteiger charge is -2.43. The summed E-state index contributed by atoms with van der Waals surface area (Å²) in [7, 11) is 2.47. The highest BCUT2D eigenvalue weighted by Gasteiger charge is 2.52. The van der Waals surface area contributed by atoms with Crippen LogP contribution in [0.25, 0.3) is 0 Å². The number of halogens is 1. The van der Waals surface area contributed by atoms with E-state index >= 15 is 0 Å². The smallest absolute Gasteiger partial charge is 0.377 e. The Morgan fingerprint density at radius 1 is 0.714 bits per heavy atom. The van der Waals surface area contributed by atoms with E-state index in [1.54, 1.807) is 21.3 Å². The fourth-order valence-corrected chi connectivity index (χ4v) is 7.46. The quantitative estimate of drug-likeness (QED) is 0.190. The molecule has 4 nitrogen and oxygen atoms in total. The highest BCUT2D eigenvalue weighted by molar-refractivity contribution is 6.62. The molecule has 0 amide bonds. The highest BCUT2D eigenvalue weighted by atomic mass is 35.5. The number of unbranched alkanes of at least 4 members (excludes halogenated alkanes) is 8. The normalized spacial score (nSPS) is 14.6. The number of hydrogen-bond acceptors (Lipinski definition) is 4. The van der Waals surface area contributed by atoms with Gasteiger partial charge in [-0.25, -0.2) is 0 Å². The molecule has 0 aromatic rings. The zero-order valence-corrected chi connectivity index (χ0v) is 21.7. The summed E-state index contributed by atoms with van der Waals surface area (Å²) in [6, 6.07) is 0. The highest BCUT2D eigenvalue weighted by Crippen LogP contribution is 2.43. The van der Waals surface area contributed by atoms with E-state index in [2.05, 4.69) is 27.7 Å². The van der Waals surface area contributed by atoms with Crippen LogP contribution in [0.1, 0.15) is 105 Å². The molecule has 172 valence electrons. The first kappa shape index (κ1) is 30.5. The molecule has 0 aliphatic heterocycles. The van der Waals surface area contributed by atoms with E-state index < -0.39 is 8.80 Å². The first-order valence-corrected chi connectivity index (χ1v) is 13.1. The molecule has 0 radical (unpaired) electrons. The van der Waals surface area contributed by atoms with Crippen LogP contribution in [0, 0.1) is 5.92 Å². The molecule has 0 spiro atoms. The maximum Gasteiger partial charge on any atom is 0.503 e. The van der Waals surface area contributed by atoms with Crippen LogP contribution < -0.4 is 5.73 Å². The maximum atomic E-state index is 6.59. The molecule has 0 aliphatic carbocycles. The van der Waals surface area contributed by atoms with Gasteiger partial charge in [-0.05, 0) is 32.6 Å². The predicted molar refractivity (Wildman–Crippen MR) is 126 cm³/mol. The third-order valence-electron chi connectivity index (χ3n) is 5.97. The van der Waals surface area contributed by atoms with Crippen molar-refractivity contribution < 1.29 is 13.3 Å². The first-order chi connectivity index (χ1) is 12.8. The molecule has 6 heteroatoms. The molecule has 0 aromatic carbocycles. The Bertz CT molecular complexity index is 341. The molecule has 2 N–H and O–H groups in total. The SMILES string of the molecule is CCCCCCCCCCCC(C(CCC)C(C)(C)N)[Si](OC)(OC)OC.Cl. The monoisotopic (exact) mass is 439 g/mol. The van der Waals surface area contributed by atoms with Crippen LogP contribution >= 0.6 is 12.4 Å². The third kappa shape index (κ3) is 10.9. The van der Waals surface area contributed by atoms with Crippen molar-refractivity contribution in [2.24, 2.45) is 11.7 Å². The summed E-state index contributed by atoms with van der Waals surface area (Å²) in [6.07, 6.45) is 15.3. The minimum absolute atomic E-state index is 0. The Balaban J connectivity index is 0. The number of hydrogen-bond donors (Lipinski definition) is 1. The summed E-state index contributed by atoms with van der Waals surface area (Å²) in [6.45, 7) is 8.77. The summed E-state index contributed by atoms with van der Waals surface area (Å²) in [5.74, 6) is 0.336. The Hall–Kier alpha value is 0.347. The van der Waals surface area contributed by atoms with Gasteiger partial charge in [0, 0.05) is 32.4 Å². The van der Waals surface area contributed by atoms with E-state index in [9.17, 15) is 0 Å². The van der Waals surface area contributed by atoms with E-state index in [1.807, 2.05) is 0 Å². The average Bonchev–Trinajstić information content (AvgIpc) is 2.64. The van der Waals surface area contributed by atoms with Gasteiger partial charge in [0.1, 0.15) is 0 Å². The molecule has 0 heterocycles. The van der Waals surface area contributed by atoms with Crippen molar-refractivity contribution in [3.05, 3.63) is 0 Å². The van der Waals surface area contributed by atoms with Gasteiger partial charge in [-0.2, -0.15) is 0 Å². The average molecular weight is 440 g/mol. The lowest BCUT2D eigenvalue weighted by molar-refractivity contribution is 0.0869. The van der Waals surface area contributed by atoms with Crippen molar-refractivity contribution in [1.82, 2.24) is 0 Å². The molecular weight excluding hydrogens is 390 g/mol. The van der Waals surface area contributed by atoms with Crippen LogP contribution in [0.2, 0.25) is 5.54 Å². The van der Waals surface area contributed by atoms with Crippen molar-refractivity contribution >= 4 is 21.2 Å². The zero-order chi connectivity index (χ0) is 20.8. The predicted octanol–water partition coefficient (Wildman–Crippen LogP) is 6.73. The minimum Gasteiger partial charge on any atom is -0.377 e. The summed E-state index contributed by atoms with van der Waals surface area (Å²) in [4.78, 5) is 0. The van der Waals surface area contributed by atoms with Gasteiger partial charge in [0.2, 0.25) is 0 Å². The Morgan fingerprint density at radius 3 is 1.50 bits per heavy atom. The minimum atomic E-state index is -2.73. The second-order valence-corrected chi connectivity index (χ2v) is 11.8. The van der Waals surface area contributed by atoms with Crippen LogP contribution in [-0.4, -0.2) is 35.7 Å². The molecule has 0 rings (SSSR count). The summed E-state index contributed by atoms with van der Waals surface area (Å²) >= 11 is 0. The van der Waals surface area contributed by atoms with Crippen molar-refractivity contribution in [3.63, 3.8) is 0 Å². The second kappa shape index (κ2) is 17.1. The molecule has 0 aromatic heterocycles. The Labute approximate surface area is 183 Å². The van der Waals surface area contributed by atoms with Crippen LogP contribution in [0.4, 0.5) is 0 Å². The van der Waals surface area contributed by atoms with Crippen molar-refractivity contribution in [2.45, 2.75) is 116 Å². The van der Waals surface area contributed by atoms with Crippen LogP contribution in [-0.2, 0) is 13.3 Å². The van der Waals surface area contributed by atoms with Gasteiger partial charge >= 0.3 is 8.80 Å². The van der Waals surface area contributed by atoms with E-state index in [0.29, 0.717) is 5.92 Å². The lowest BCUT2D eigenvalue weighted by atomic mass is 9.80. The van der Waals surface area contributed by atoms with E-state index in [-0.39, 0.29) is 23.5 Å². The molecule has 28 heavy (non-hydrogen) atoms. The van der Waals surface area contributed by atoms with Crippen LogP contribution in [0.3, 0.4) is 0 Å². The topological polar surface area (TPSA) is 53.7 Å². The maximum absolute atomic E-state index is 6.59. The van der Waals surface area contributed by atoms with Crippen LogP contribution in [0.5, 0.6) is 0 Å². The standard InChI is InChI=1S/C22H49NO3Si.ClH/c1-8-10-11-12-13-14-15-16-17-19-21(27(24-5,25-6)26-7)20(18-9-2)22(3,4)23;/h20-21H,8-19,23H2,1-7H3;1H. The molecule has 0 fully saturated rings. The van der Waals surface area contributed by atoms with Gasteiger partial charge in [-0.15, -0.1) is 12.4 Å². The van der Waals surface area contributed by atoms with E-state index in [0.717, 1.165) is 19.3 Å². The Morgan fingerprint density at radius 2 is 1.14 bits per heavy atom. The lowest BCUT2D eigenvalue weighted by Crippen LogP contribution is -2.55. The molecule has 0 saturated carbocycles. The van der Waals surface area contributed by atoms with E-state index in [1.165, 1.54) is 57.8 Å². The Kier molecular flexibility index (Phi) is 18.6. The molecular formula is C22H50ClNO3Si. The fraction of sp³-hybridized carbons (Fsp3) is 1.00. The van der Waals surface area contributed by atoms with Gasteiger partial charge in [0.25, 0.3) is 0 Å².